The van der Waals surface area contributed by atoms with Crippen molar-refractivity contribution < 1.29 is 0 Å². The van der Waals surface area contributed by atoms with Gasteiger partial charge in [0.05, 0.1) is 5.71 Å². The molecule has 4 nitrogen and oxygen atoms in total. The summed E-state index contributed by atoms with van der Waals surface area (Å²) >= 11 is 6.06. The van der Waals surface area contributed by atoms with Crippen LogP contribution in [0.3, 0.4) is 0 Å². The fourth-order valence-corrected chi connectivity index (χ4v) is 1.95. The number of hydrogen-bond donors (Lipinski definition) is 2. The molecule has 0 fully saturated rings. The van der Waals surface area contributed by atoms with Crippen LogP contribution in [0.2, 0.25) is 5.02 Å². The second-order valence-corrected chi connectivity index (χ2v) is 3.74. The van der Waals surface area contributed by atoms with Crippen molar-refractivity contribution in [3.63, 3.8) is 0 Å². The monoisotopic (exact) mass is 222 g/mol. The second-order valence-electron chi connectivity index (χ2n) is 3.34. The van der Waals surface area contributed by atoms with Crippen molar-refractivity contribution in [3.05, 3.63) is 34.3 Å². The van der Waals surface area contributed by atoms with Gasteiger partial charge in [0.1, 0.15) is 0 Å². The first-order valence-corrected chi connectivity index (χ1v) is 4.99. The fraction of sp³-hybridized carbons (Fsp3) is 0.200. The van der Waals surface area contributed by atoms with Gasteiger partial charge in [-0.15, -0.1) is 5.10 Å². The van der Waals surface area contributed by atoms with E-state index < -0.39 is 0 Å². The van der Waals surface area contributed by atoms with Crippen LogP contribution in [0.4, 0.5) is 0 Å². The minimum Gasteiger partial charge on any atom is -0.369 e. The topological polar surface area (TPSA) is 76.8 Å². The van der Waals surface area contributed by atoms with Crippen LogP contribution in [0.15, 0.2) is 28.4 Å². The molecule has 0 saturated carbocycles. The van der Waals surface area contributed by atoms with Gasteiger partial charge in [0, 0.05) is 10.6 Å². The third-order valence-electron chi connectivity index (χ3n) is 2.33. The highest BCUT2D eigenvalue weighted by atomic mass is 35.5. The molecule has 0 unspecified atom stereocenters. The third kappa shape index (κ3) is 1.94. The molecule has 0 radical (unpaired) electrons. The van der Waals surface area contributed by atoms with Crippen LogP contribution < -0.4 is 11.5 Å². The number of guanidine groups is 1. The molecule has 1 aliphatic rings. The molecular weight excluding hydrogens is 212 g/mol. The highest BCUT2D eigenvalue weighted by Crippen LogP contribution is 2.28. The third-order valence-corrected chi connectivity index (χ3v) is 2.68. The molecule has 2 rings (SSSR count). The van der Waals surface area contributed by atoms with Crippen LogP contribution in [0.1, 0.15) is 17.5 Å². The summed E-state index contributed by atoms with van der Waals surface area (Å²) in [6.45, 7) is 0. The molecule has 0 saturated heterocycles. The normalized spacial score (nSPS) is 16.5. The standard InChI is InChI=1S/C10H11ClN4/c11-8-3-1-2-7-6(8)4-5-9(7)14-15-10(12)13/h1-3H,4-5H2,(H4,12,13,15). The van der Waals surface area contributed by atoms with Gasteiger partial charge < -0.3 is 11.5 Å². The summed E-state index contributed by atoms with van der Waals surface area (Å²) in [5.41, 5.74) is 13.5. The number of fused-ring (bicyclic) bond motifs is 1. The number of hydrogen-bond acceptors (Lipinski definition) is 2. The first-order valence-electron chi connectivity index (χ1n) is 4.61. The first kappa shape index (κ1) is 9.98. The number of nitrogens with two attached hydrogens (primary N) is 2. The molecule has 0 aliphatic heterocycles. The first-order chi connectivity index (χ1) is 7.18. The lowest BCUT2D eigenvalue weighted by atomic mass is 10.1. The van der Waals surface area contributed by atoms with Gasteiger partial charge >= 0.3 is 0 Å². The van der Waals surface area contributed by atoms with Crippen LogP contribution in [0, 0.1) is 0 Å². The zero-order valence-electron chi connectivity index (χ0n) is 8.07. The average molecular weight is 223 g/mol. The SMILES string of the molecule is NC(N)=NN=C1CCc2c(Cl)cccc21. The summed E-state index contributed by atoms with van der Waals surface area (Å²) in [6, 6.07) is 5.76. The molecule has 5 heteroatoms. The fourth-order valence-electron chi connectivity index (χ4n) is 1.68. The molecule has 15 heavy (non-hydrogen) atoms. The van der Waals surface area contributed by atoms with E-state index in [0.717, 1.165) is 34.7 Å². The molecule has 1 aromatic carbocycles. The smallest absolute Gasteiger partial charge is 0.211 e. The number of benzene rings is 1. The lowest BCUT2D eigenvalue weighted by molar-refractivity contribution is 1.08. The number of halogens is 1. The number of rotatable bonds is 1. The Morgan fingerprint density at radius 1 is 1.27 bits per heavy atom. The Hall–Kier alpha value is -1.55. The van der Waals surface area contributed by atoms with Gasteiger partial charge in [-0.2, -0.15) is 5.10 Å². The molecule has 0 aromatic heterocycles. The predicted octanol–water partition coefficient (Wildman–Crippen LogP) is 1.26. The van der Waals surface area contributed by atoms with E-state index >= 15 is 0 Å². The Labute approximate surface area is 92.6 Å². The van der Waals surface area contributed by atoms with Gasteiger partial charge in [0.15, 0.2) is 0 Å². The lowest BCUT2D eigenvalue weighted by Gasteiger charge is -1.99. The van der Waals surface area contributed by atoms with Crippen molar-refractivity contribution in [3.8, 4) is 0 Å². The van der Waals surface area contributed by atoms with Gasteiger partial charge in [-0.1, -0.05) is 23.7 Å². The van der Waals surface area contributed by atoms with E-state index in [1.165, 1.54) is 0 Å². The molecular formula is C10H11ClN4. The van der Waals surface area contributed by atoms with E-state index in [1.54, 1.807) is 0 Å². The van der Waals surface area contributed by atoms with Crippen LogP contribution in [-0.4, -0.2) is 11.7 Å². The van der Waals surface area contributed by atoms with E-state index in [-0.39, 0.29) is 5.96 Å². The largest absolute Gasteiger partial charge is 0.369 e. The molecule has 1 aromatic rings. The Morgan fingerprint density at radius 3 is 2.80 bits per heavy atom. The maximum atomic E-state index is 6.06. The van der Waals surface area contributed by atoms with E-state index in [0.29, 0.717) is 0 Å². The average Bonchev–Trinajstić information content (AvgIpc) is 2.59. The minimum atomic E-state index is -0.0296. The van der Waals surface area contributed by atoms with Crippen molar-refractivity contribution in [2.45, 2.75) is 12.8 Å². The summed E-state index contributed by atoms with van der Waals surface area (Å²) in [4.78, 5) is 0. The van der Waals surface area contributed by atoms with Gasteiger partial charge in [-0.3, -0.25) is 0 Å². The van der Waals surface area contributed by atoms with Crippen LogP contribution in [0.25, 0.3) is 0 Å². The van der Waals surface area contributed by atoms with E-state index in [1.807, 2.05) is 18.2 Å². The summed E-state index contributed by atoms with van der Waals surface area (Å²) in [7, 11) is 0. The predicted molar refractivity (Wildman–Crippen MR) is 62.1 cm³/mol. The number of nitrogens with zero attached hydrogens (tertiary/aromatic N) is 2. The van der Waals surface area contributed by atoms with Crippen molar-refractivity contribution in [1.82, 2.24) is 0 Å². The van der Waals surface area contributed by atoms with Crippen molar-refractivity contribution in [2.75, 3.05) is 0 Å². The molecule has 0 atom stereocenters. The maximum absolute atomic E-state index is 6.06. The molecule has 0 bridgehead atoms. The van der Waals surface area contributed by atoms with Gasteiger partial charge in [0.2, 0.25) is 5.96 Å². The van der Waals surface area contributed by atoms with Crippen LogP contribution >= 0.6 is 11.6 Å². The summed E-state index contributed by atoms with van der Waals surface area (Å²) in [5, 5.41) is 8.43. The summed E-state index contributed by atoms with van der Waals surface area (Å²) in [6.07, 6.45) is 1.73. The maximum Gasteiger partial charge on any atom is 0.211 e. The van der Waals surface area contributed by atoms with Crippen LogP contribution in [0.5, 0.6) is 0 Å². The van der Waals surface area contributed by atoms with E-state index in [4.69, 9.17) is 23.1 Å². The minimum absolute atomic E-state index is 0.0296. The molecule has 0 spiro atoms. The van der Waals surface area contributed by atoms with Gasteiger partial charge in [-0.05, 0) is 24.5 Å². The highest BCUT2D eigenvalue weighted by Gasteiger charge is 2.19. The molecule has 0 heterocycles. The zero-order chi connectivity index (χ0) is 10.8. The van der Waals surface area contributed by atoms with E-state index in [9.17, 15) is 0 Å². The Balaban J connectivity index is 2.41. The van der Waals surface area contributed by atoms with Gasteiger partial charge in [0.25, 0.3) is 0 Å². The lowest BCUT2D eigenvalue weighted by Crippen LogP contribution is -2.22. The Bertz CT molecular complexity index is 447. The summed E-state index contributed by atoms with van der Waals surface area (Å²) in [5.74, 6) is -0.0296. The van der Waals surface area contributed by atoms with Crippen LogP contribution in [-0.2, 0) is 6.42 Å². The molecule has 78 valence electrons. The highest BCUT2D eigenvalue weighted by molar-refractivity contribution is 6.32. The van der Waals surface area contributed by atoms with Crippen molar-refractivity contribution in [2.24, 2.45) is 21.7 Å². The second kappa shape index (κ2) is 3.90. The molecule has 4 N–H and O–H groups in total. The van der Waals surface area contributed by atoms with E-state index in [2.05, 4.69) is 10.2 Å². The van der Waals surface area contributed by atoms with Gasteiger partial charge in [-0.25, -0.2) is 0 Å². The van der Waals surface area contributed by atoms with Crippen molar-refractivity contribution >= 4 is 23.3 Å². The zero-order valence-corrected chi connectivity index (χ0v) is 8.83. The van der Waals surface area contributed by atoms with Crippen molar-refractivity contribution in [1.29, 1.82) is 0 Å². The Kier molecular flexibility index (Phi) is 2.60. The Morgan fingerprint density at radius 2 is 2.07 bits per heavy atom. The quantitative estimate of drug-likeness (QED) is 0.426. The molecule has 0 amide bonds. The molecule has 1 aliphatic carbocycles. The summed E-state index contributed by atoms with van der Waals surface area (Å²) < 4.78 is 0.